The molecule has 2 fully saturated rings. The van der Waals surface area contributed by atoms with E-state index in [0.717, 1.165) is 18.4 Å². The van der Waals surface area contributed by atoms with Crippen LogP contribution in [0.1, 0.15) is 44.9 Å². The van der Waals surface area contributed by atoms with E-state index in [1.807, 2.05) is 0 Å². The Hall–Kier alpha value is -0.120. The van der Waals surface area contributed by atoms with Gasteiger partial charge in [-0.2, -0.15) is 0 Å². The van der Waals surface area contributed by atoms with Crippen molar-refractivity contribution in [2.45, 2.75) is 51.0 Å². The van der Waals surface area contributed by atoms with Gasteiger partial charge >= 0.3 is 0 Å². The molecular formula is C16H33N3. The smallest absolute Gasteiger partial charge is 0.0243 e. The summed E-state index contributed by atoms with van der Waals surface area (Å²) < 4.78 is 0. The van der Waals surface area contributed by atoms with E-state index in [9.17, 15) is 0 Å². The molecule has 0 spiro atoms. The summed E-state index contributed by atoms with van der Waals surface area (Å²) in [6.07, 6.45) is 9.87. The van der Waals surface area contributed by atoms with Crippen LogP contribution in [-0.4, -0.2) is 56.1 Å². The van der Waals surface area contributed by atoms with Crippen molar-refractivity contribution in [3.8, 4) is 0 Å². The zero-order valence-corrected chi connectivity index (χ0v) is 13.0. The molecule has 3 heteroatoms. The first kappa shape index (κ1) is 15.3. The molecule has 0 aromatic heterocycles. The summed E-state index contributed by atoms with van der Waals surface area (Å²) in [7, 11) is 4.55. The van der Waals surface area contributed by atoms with E-state index in [1.165, 1.54) is 64.6 Å². The van der Waals surface area contributed by atoms with Gasteiger partial charge in [0.2, 0.25) is 0 Å². The number of likely N-dealkylation sites (tertiary alicyclic amines) is 1. The molecule has 2 aliphatic rings. The molecule has 1 aliphatic carbocycles. The second-order valence-electron chi connectivity index (χ2n) is 6.91. The Balaban J connectivity index is 1.84. The van der Waals surface area contributed by atoms with Gasteiger partial charge in [-0.15, -0.1) is 0 Å². The van der Waals surface area contributed by atoms with Gasteiger partial charge in [-0.1, -0.05) is 25.7 Å². The topological polar surface area (TPSA) is 32.5 Å². The lowest BCUT2D eigenvalue weighted by Crippen LogP contribution is -2.45. The van der Waals surface area contributed by atoms with Gasteiger partial charge in [-0.25, -0.2) is 0 Å². The summed E-state index contributed by atoms with van der Waals surface area (Å²) in [6, 6.07) is 0.615. The van der Waals surface area contributed by atoms with Gasteiger partial charge in [0, 0.05) is 25.7 Å². The van der Waals surface area contributed by atoms with E-state index < -0.39 is 0 Å². The third-order valence-electron chi connectivity index (χ3n) is 5.29. The average molecular weight is 267 g/mol. The molecular weight excluding hydrogens is 234 g/mol. The van der Waals surface area contributed by atoms with Gasteiger partial charge < -0.3 is 15.5 Å². The maximum absolute atomic E-state index is 6.11. The molecule has 0 amide bonds. The van der Waals surface area contributed by atoms with Crippen molar-refractivity contribution >= 4 is 0 Å². The molecule has 19 heavy (non-hydrogen) atoms. The molecule has 2 unspecified atom stereocenters. The number of rotatable bonds is 5. The number of hydrogen-bond acceptors (Lipinski definition) is 3. The number of nitrogens with two attached hydrogens (primary N) is 1. The van der Waals surface area contributed by atoms with E-state index in [4.69, 9.17) is 5.73 Å². The molecule has 2 N–H and O–H groups in total. The first-order chi connectivity index (χ1) is 9.20. The molecule has 0 bridgehead atoms. The summed E-state index contributed by atoms with van der Waals surface area (Å²) in [4.78, 5) is 5.04. The maximum Gasteiger partial charge on any atom is 0.0243 e. The van der Waals surface area contributed by atoms with E-state index in [-0.39, 0.29) is 0 Å². The Morgan fingerprint density at radius 3 is 2.37 bits per heavy atom. The summed E-state index contributed by atoms with van der Waals surface area (Å²) >= 11 is 0. The van der Waals surface area contributed by atoms with Crippen molar-refractivity contribution in [1.29, 1.82) is 0 Å². The van der Waals surface area contributed by atoms with E-state index >= 15 is 0 Å². The minimum atomic E-state index is 0.615. The Morgan fingerprint density at radius 1 is 1.16 bits per heavy atom. The van der Waals surface area contributed by atoms with Gasteiger partial charge in [-0.05, 0) is 51.7 Å². The summed E-state index contributed by atoms with van der Waals surface area (Å²) in [5.41, 5.74) is 6.11. The van der Waals surface area contributed by atoms with Crippen LogP contribution in [0.5, 0.6) is 0 Å². The zero-order chi connectivity index (χ0) is 13.7. The third-order valence-corrected chi connectivity index (χ3v) is 5.29. The van der Waals surface area contributed by atoms with Crippen molar-refractivity contribution in [3.05, 3.63) is 0 Å². The van der Waals surface area contributed by atoms with Crippen molar-refractivity contribution in [3.63, 3.8) is 0 Å². The fourth-order valence-electron chi connectivity index (χ4n) is 4.15. The van der Waals surface area contributed by atoms with Gasteiger partial charge in [0.05, 0.1) is 0 Å². The van der Waals surface area contributed by atoms with Crippen LogP contribution in [0.25, 0.3) is 0 Å². The highest BCUT2D eigenvalue weighted by Crippen LogP contribution is 2.28. The molecule has 1 heterocycles. The van der Waals surface area contributed by atoms with Crippen LogP contribution in [0, 0.1) is 11.8 Å². The van der Waals surface area contributed by atoms with Crippen molar-refractivity contribution in [1.82, 2.24) is 9.80 Å². The van der Waals surface area contributed by atoms with Crippen LogP contribution in [0.15, 0.2) is 0 Å². The highest BCUT2D eigenvalue weighted by Gasteiger charge is 2.28. The number of hydrogen-bond donors (Lipinski definition) is 1. The minimum absolute atomic E-state index is 0.615. The predicted molar refractivity (Wildman–Crippen MR) is 82.3 cm³/mol. The molecule has 112 valence electrons. The Labute approximate surface area is 119 Å². The fourth-order valence-corrected chi connectivity index (χ4v) is 4.15. The van der Waals surface area contributed by atoms with E-state index in [2.05, 4.69) is 23.9 Å². The highest BCUT2D eigenvalue weighted by molar-refractivity contribution is 4.83. The Morgan fingerprint density at radius 2 is 1.84 bits per heavy atom. The van der Waals surface area contributed by atoms with E-state index in [0.29, 0.717) is 6.04 Å². The average Bonchev–Trinajstić information content (AvgIpc) is 2.65. The standard InChI is InChI=1S/C16H33N3/c1-18-10-9-14(12-18)13-19(2)16(11-17)15-7-5-3-4-6-8-15/h14-16H,3-13,17H2,1-2H3. The largest absolute Gasteiger partial charge is 0.329 e. The van der Waals surface area contributed by atoms with Gasteiger partial charge in [0.15, 0.2) is 0 Å². The molecule has 0 aromatic rings. The van der Waals surface area contributed by atoms with Gasteiger partial charge in [0.1, 0.15) is 0 Å². The summed E-state index contributed by atoms with van der Waals surface area (Å²) in [5, 5.41) is 0. The maximum atomic E-state index is 6.11. The quantitative estimate of drug-likeness (QED) is 0.775. The lowest BCUT2D eigenvalue weighted by atomic mass is 9.90. The van der Waals surface area contributed by atoms with Crippen molar-refractivity contribution in [2.75, 3.05) is 40.3 Å². The molecule has 1 saturated carbocycles. The zero-order valence-electron chi connectivity index (χ0n) is 13.0. The van der Waals surface area contributed by atoms with Crippen molar-refractivity contribution < 1.29 is 0 Å². The van der Waals surface area contributed by atoms with Crippen LogP contribution in [0.4, 0.5) is 0 Å². The monoisotopic (exact) mass is 267 g/mol. The Bertz CT molecular complexity index is 248. The van der Waals surface area contributed by atoms with Gasteiger partial charge in [-0.3, -0.25) is 0 Å². The summed E-state index contributed by atoms with van der Waals surface area (Å²) in [6.45, 7) is 4.62. The summed E-state index contributed by atoms with van der Waals surface area (Å²) in [5.74, 6) is 1.70. The molecule has 2 rings (SSSR count). The lowest BCUT2D eigenvalue weighted by Gasteiger charge is -2.35. The molecule has 3 nitrogen and oxygen atoms in total. The van der Waals surface area contributed by atoms with Crippen molar-refractivity contribution in [2.24, 2.45) is 17.6 Å². The Kier molecular flexibility index (Phi) is 6.11. The predicted octanol–water partition coefficient (Wildman–Crippen LogP) is 2.17. The molecule has 1 saturated heterocycles. The minimum Gasteiger partial charge on any atom is -0.329 e. The van der Waals surface area contributed by atoms with Crippen LogP contribution >= 0.6 is 0 Å². The fraction of sp³-hybridized carbons (Fsp3) is 1.00. The highest BCUT2D eigenvalue weighted by atomic mass is 15.2. The second-order valence-corrected chi connectivity index (χ2v) is 6.91. The lowest BCUT2D eigenvalue weighted by molar-refractivity contribution is 0.146. The third kappa shape index (κ3) is 4.44. The van der Waals surface area contributed by atoms with Crippen LogP contribution in [0.3, 0.4) is 0 Å². The normalized spacial score (nSPS) is 28.7. The molecule has 2 atom stereocenters. The van der Waals surface area contributed by atoms with Gasteiger partial charge in [0.25, 0.3) is 0 Å². The first-order valence-corrected chi connectivity index (χ1v) is 8.29. The number of likely N-dealkylation sites (N-methyl/N-ethyl adjacent to an activating group) is 1. The molecule has 1 aliphatic heterocycles. The van der Waals surface area contributed by atoms with Crippen LogP contribution < -0.4 is 5.73 Å². The number of nitrogens with zero attached hydrogens (tertiary/aromatic N) is 2. The first-order valence-electron chi connectivity index (χ1n) is 8.29. The molecule has 0 aromatic carbocycles. The van der Waals surface area contributed by atoms with Crippen LogP contribution in [0.2, 0.25) is 0 Å². The van der Waals surface area contributed by atoms with E-state index in [1.54, 1.807) is 0 Å². The second kappa shape index (κ2) is 7.61. The van der Waals surface area contributed by atoms with Crippen LogP contribution in [-0.2, 0) is 0 Å². The SMILES string of the molecule is CN1CCC(CN(C)C(CN)C2CCCCCC2)C1. The molecule has 0 radical (unpaired) electrons.